The molecule has 0 unspecified atom stereocenters. The van der Waals surface area contributed by atoms with Crippen molar-refractivity contribution in [2.24, 2.45) is 5.41 Å². The van der Waals surface area contributed by atoms with E-state index < -0.39 is 10.0 Å². The summed E-state index contributed by atoms with van der Waals surface area (Å²) in [5.74, 6) is 0.437. The molecule has 2 saturated heterocycles. The monoisotopic (exact) mass is 498 g/mol. The third kappa shape index (κ3) is 4.18. The number of halogens is 1. The molecule has 2 fully saturated rings. The number of fused-ring (bicyclic) bond motifs is 1. The lowest BCUT2D eigenvalue weighted by atomic mass is 9.74. The fourth-order valence-corrected chi connectivity index (χ4v) is 6.36. The Bertz CT molecular complexity index is 1400. The molecule has 178 valence electrons. The van der Waals surface area contributed by atoms with E-state index in [0.717, 1.165) is 42.6 Å². The summed E-state index contributed by atoms with van der Waals surface area (Å²) in [7, 11) is -3.07. The molecule has 5 rings (SSSR count). The van der Waals surface area contributed by atoms with Crippen molar-refractivity contribution in [3.63, 3.8) is 0 Å². The van der Waals surface area contributed by atoms with Crippen LogP contribution in [0.2, 0.25) is 5.02 Å². The summed E-state index contributed by atoms with van der Waals surface area (Å²) >= 11 is 6.46. The smallest absolute Gasteiger partial charge is 0.211 e. The second-order valence-corrected chi connectivity index (χ2v) is 11.9. The standard InChI is InChI=1S/C25H27ClN4O3S/c1-3-8-33-24-20(12-27)10-21(11-22(24)26)30-7-6-19-9-18(4-5-23(19)30)13-28-14-25(15-28)16-29(17-25)34(2,31)32/h4-7,9-11H,3,8,13-17H2,1-2H3. The van der Waals surface area contributed by atoms with Gasteiger partial charge in [0.2, 0.25) is 10.0 Å². The minimum Gasteiger partial charge on any atom is -0.491 e. The first-order chi connectivity index (χ1) is 16.2. The Morgan fingerprint density at radius 1 is 1.15 bits per heavy atom. The van der Waals surface area contributed by atoms with E-state index in [1.807, 2.05) is 29.8 Å². The predicted molar refractivity (Wildman–Crippen MR) is 133 cm³/mol. The summed E-state index contributed by atoms with van der Waals surface area (Å²) in [6.07, 6.45) is 4.10. The van der Waals surface area contributed by atoms with E-state index in [-0.39, 0.29) is 5.41 Å². The third-order valence-corrected chi connectivity index (χ3v) is 8.13. The number of nitriles is 1. The Hall–Kier alpha value is -2.57. The molecular formula is C25H27ClN4O3S. The lowest BCUT2D eigenvalue weighted by molar-refractivity contribution is -0.0844. The van der Waals surface area contributed by atoms with Gasteiger partial charge in [-0.15, -0.1) is 0 Å². The molecular weight excluding hydrogens is 472 g/mol. The summed E-state index contributed by atoms with van der Waals surface area (Å²) in [6.45, 7) is 6.50. The molecule has 1 spiro atoms. The number of hydrogen-bond acceptors (Lipinski definition) is 5. The van der Waals surface area contributed by atoms with Gasteiger partial charge in [0.1, 0.15) is 6.07 Å². The van der Waals surface area contributed by atoms with Crippen molar-refractivity contribution in [3.05, 3.63) is 58.7 Å². The van der Waals surface area contributed by atoms with Gasteiger partial charge in [-0.2, -0.15) is 5.26 Å². The molecule has 0 saturated carbocycles. The van der Waals surface area contributed by atoms with Crippen molar-refractivity contribution in [1.82, 2.24) is 13.8 Å². The van der Waals surface area contributed by atoms with Gasteiger partial charge in [-0.25, -0.2) is 12.7 Å². The van der Waals surface area contributed by atoms with Gasteiger partial charge in [0, 0.05) is 55.4 Å². The molecule has 7 nitrogen and oxygen atoms in total. The number of aromatic nitrogens is 1. The molecule has 0 radical (unpaired) electrons. The van der Waals surface area contributed by atoms with Gasteiger partial charge >= 0.3 is 0 Å². The summed E-state index contributed by atoms with van der Waals surface area (Å²) in [5, 5.41) is 11.1. The summed E-state index contributed by atoms with van der Waals surface area (Å²) < 4.78 is 32.5. The summed E-state index contributed by atoms with van der Waals surface area (Å²) in [5.41, 5.74) is 3.64. The summed E-state index contributed by atoms with van der Waals surface area (Å²) in [4.78, 5) is 2.37. The van der Waals surface area contributed by atoms with Gasteiger partial charge < -0.3 is 9.30 Å². The third-order valence-electron chi connectivity index (χ3n) is 6.65. The Morgan fingerprint density at radius 3 is 2.59 bits per heavy atom. The van der Waals surface area contributed by atoms with E-state index >= 15 is 0 Å². The second kappa shape index (κ2) is 8.58. The highest BCUT2D eigenvalue weighted by Gasteiger charge is 2.53. The average molecular weight is 499 g/mol. The van der Waals surface area contributed by atoms with E-state index in [9.17, 15) is 13.7 Å². The Labute approximate surface area is 205 Å². The average Bonchev–Trinajstić information content (AvgIpc) is 3.15. The quantitative estimate of drug-likeness (QED) is 0.491. The van der Waals surface area contributed by atoms with Crippen LogP contribution in [-0.2, 0) is 16.6 Å². The maximum Gasteiger partial charge on any atom is 0.211 e. The van der Waals surface area contributed by atoms with Gasteiger partial charge in [-0.3, -0.25) is 4.90 Å². The molecule has 2 aliphatic heterocycles. The molecule has 0 atom stereocenters. The number of ether oxygens (including phenoxy) is 1. The number of sulfonamides is 1. The van der Waals surface area contributed by atoms with E-state index in [0.29, 0.717) is 36.0 Å². The molecule has 1 aromatic heterocycles. The van der Waals surface area contributed by atoms with E-state index in [4.69, 9.17) is 16.3 Å². The van der Waals surface area contributed by atoms with Crippen molar-refractivity contribution >= 4 is 32.5 Å². The zero-order chi connectivity index (χ0) is 24.1. The van der Waals surface area contributed by atoms with Crippen LogP contribution in [0, 0.1) is 16.7 Å². The van der Waals surface area contributed by atoms with Crippen LogP contribution >= 0.6 is 11.6 Å². The van der Waals surface area contributed by atoms with Gasteiger partial charge in [0.25, 0.3) is 0 Å². The van der Waals surface area contributed by atoms with Gasteiger partial charge in [-0.05, 0) is 42.3 Å². The Balaban J connectivity index is 1.31. The van der Waals surface area contributed by atoms with Gasteiger partial charge in [0.05, 0.1) is 29.0 Å². The molecule has 34 heavy (non-hydrogen) atoms. The van der Waals surface area contributed by atoms with Crippen LogP contribution in [0.5, 0.6) is 5.75 Å². The number of likely N-dealkylation sites (tertiary alicyclic amines) is 1. The maximum absolute atomic E-state index is 11.6. The van der Waals surface area contributed by atoms with Crippen LogP contribution in [0.3, 0.4) is 0 Å². The van der Waals surface area contributed by atoms with Crippen LogP contribution in [0.4, 0.5) is 0 Å². The minimum absolute atomic E-state index is 0.140. The molecule has 3 aromatic rings. The van der Waals surface area contributed by atoms with Crippen molar-refractivity contribution in [3.8, 4) is 17.5 Å². The first-order valence-corrected chi connectivity index (χ1v) is 13.6. The van der Waals surface area contributed by atoms with Crippen molar-refractivity contribution in [1.29, 1.82) is 5.26 Å². The number of hydrogen-bond donors (Lipinski definition) is 0. The number of rotatable bonds is 7. The Morgan fingerprint density at radius 2 is 1.91 bits per heavy atom. The van der Waals surface area contributed by atoms with Crippen LogP contribution in [0.15, 0.2) is 42.6 Å². The Kier molecular flexibility index (Phi) is 5.85. The molecule has 0 N–H and O–H groups in total. The molecule has 0 aliphatic carbocycles. The van der Waals surface area contributed by atoms with Crippen LogP contribution in [0.1, 0.15) is 24.5 Å². The lowest BCUT2D eigenvalue weighted by Gasteiger charge is -2.59. The molecule has 2 aromatic carbocycles. The highest BCUT2D eigenvalue weighted by Crippen LogP contribution is 2.41. The summed E-state index contributed by atoms with van der Waals surface area (Å²) in [6, 6.07) is 14.3. The zero-order valence-electron chi connectivity index (χ0n) is 19.3. The molecule has 0 amide bonds. The topological polar surface area (TPSA) is 78.6 Å². The molecule has 2 aliphatic rings. The van der Waals surface area contributed by atoms with Crippen LogP contribution in [-0.4, -0.2) is 61.2 Å². The van der Waals surface area contributed by atoms with Crippen molar-refractivity contribution < 1.29 is 13.2 Å². The normalized spacial score (nSPS) is 17.9. The fraction of sp³-hybridized carbons (Fsp3) is 0.400. The van der Waals surface area contributed by atoms with Crippen LogP contribution in [0.25, 0.3) is 16.6 Å². The van der Waals surface area contributed by atoms with Crippen LogP contribution < -0.4 is 4.74 Å². The fourth-order valence-electron chi connectivity index (χ4n) is 5.08. The van der Waals surface area contributed by atoms with Gasteiger partial charge in [-0.1, -0.05) is 24.6 Å². The maximum atomic E-state index is 11.6. The van der Waals surface area contributed by atoms with E-state index in [1.165, 1.54) is 11.8 Å². The zero-order valence-corrected chi connectivity index (χ0v) is 20.9. The minimum atomic E-state index is -3.07. The predicted octanol–water partition coefficient (Wildman–Crippen LogP) is 4.02. The number of nitrogens with zero attached hydrogens (tertiary/aromatic N) is 4. The van der Waals surface area contributed by atoms with E-state index in [1.54, 1.807) is 4.31 Å². The molecule has 3 heterocycles. The van der Waals surface area contributed by atoms with Crippen molar-refractivity contribution in [2.75, 3.05) is 39.0 Å². The highest BCUT2D eigenvalue weighted by molar-refractivity contribution is 7.88. The molecule has 9 heteroatoms. The first kappa shape index (κ1) is 23.2. The molecule has 0 bridgehead atoms. The van der Waals surface area contributed by atoms with E-state index in [2.05, 4.69) is 35.2 Å². The highest BCUT2D eigenvalue weighted by atomic mass is 35.5. The second-order valence-electron chi connectivity index (χ2n) is 9.52. The van der Waals surface area contributed by atoms with Crippen molar-refractivity contribution in [2.45, 2.75) is 19.9 Å². The SMILES string of the molecule is CCCOc1c(Cl)cc(-n2ccc3cc(CN4CC5(C4)CN(S(C)(=O)=O)C5)ccc32)cc1C#N. The lowest BCUT2D eigenvalue weighted by Crippen LogP contribution is -2.72. The first-order valence-electron chi connectivity index (χ1n) is 11.4. The largest absolute Gasteiger partial charge is 0.491 e. The van der Waals surface area contributed by atoms with Gasteiger partial charge in [0.15, 0.2) is 5.75 Å². The number of benzene rings is 2.